The van der Waals surface area contributed by atoms with Crippen LogP contribution < -0.4 is 5.32 Å². The standard InChI is InChI=1S/C7H13NO2.C2H5F/c1-2-10-7(9)3-6-4-8-5-6;1-2-3/h6,8H,2-5H2,1H3;2H2,1H3. The van der Waals surface area contributed by atoms with Crippen LogP contribution in [-0.4, -0.2) is 32.3 Å². The Morgan fingerprint density at radius 3 is 2.38 bits per heavy atom. The molecule has 1 aliphatic rings. The van der Waals surface area contributed by atoms with Crippen molar-refractivity contribution >= 4 is 5.97 Å². The smallest absolute Gasteiger partial charge is 0.306 e. The molecule has 0 aromatic carbocycles. The van der Waals surface area contributed by atoms with E-state index in [0.29, 0.717) is 18.9 Å². The number of hydrogen-bond donors (Lipinski definition) is 1. The quantitative estimate of drug-likeness (QED) is 0.680. The Kier molecular flexibility index (Phi) is 7.59. The third-order valence-corrected chi connectivity index (χ3v) is 1.63. The molecule has 0 unspecified atom stereocenters. The zero-order valence-corrected chi connectivity index (χ0v) is 8.31. The fourth-order valence-corrected chi connectivity index (χ4v) is 0.948. The first-order chi connectivity index (χ1) is 6.24. The zero-order chi connectivity index (χ0) is 10.1. The summed E-state index contributed by atoms with van der Waals surface area (Å²) in [5.74, 6) is 0.466. The number of rotatable bonds is 3. The topological polar surface area (TPSA) is 38.3 Å². The number of halogens is 1. The van der Waals surface area contributed by atoms with Crippen molar-refractivity contribution in [1.82, 2.24) is 5.32 Å². The van der Waals surface area contributed by atoms with E-state index < -0.39 is 0 Å². The number of ether oxygens (including phenoxy) is 1. The fourth-order valence-electron chi connectivity index (χ4n) is 0.948. The summed E-state index contributed by atoms with van der Waals surface area (Å²) >= 11 is 0. The number of carbonyl (C=O) groups is 1. The Morgan fingerprint density at radius 2 is 2.08 bits per heavy atom. The molecule has 1 fully saturated rings. The van der Waals surface area contributed by atoms with E-state index in [1.807, 2.05) is 6.92 Å². The molecule has 3 nitrogen and oxygen atoms in total. The van der Waals surface area contributed by atoms with Gasteiger partial charge in [-0.05, 0) is 32.9 Å². The van der Waals surface area contributed by atoms with Gasteiger partial charge in [0.2, 0.25) is 0 Å². The van der Waals surface area contributed by atoms with Crippen molar-refractivity contribution in [2.24, 2.45) is 5.92 Å². The van der Waals surface area contributed by atoms with Gasteiger partial charge in [-0.1, -0.05) is 0 Å². The zero-order valence-electron chi connectivity index (χ0n) is 8.31. The van der Waals surface area contributed by atoms with E-state index in [1.165, 1.54) is 6.92 Å². The summed E-state index contributed by atoms with van der Waals surface area (Å²) in [6, 6.07) is 0. The van der Waals surface area contributed by atoms with Crippen LogP contribution in [0.2, 0.25) is 0 Å². The molecular formula is C9H18FNO2. The van der Waals surface area contributed by atoms with Crippen molar-refractivity contribution < 1.29 is 13.9 Å². The lowest BCUT2D eigenvalue weighted by molar-refractivity contribution is -0.144. The summed E-state index contributed by atoms with van der Waals surface area (Å²) in [4.78, 5) is 10.8. The molecule has 0 saturated carbocycles. The third kappa shape index (κ3) is 6.51. The van der Waals surface area contributed by atoms with Crippen LogP contribution >= 0.6 is 0 Å². The first-order valence-electron chi connectivity index (χ1n) is 4.66. The van der Waals surface area contributed by atoms with E-state index in [1.54, 1.807) is 0 Å². The molecule has 1 rings (SSSR count). The molecule has 0 spiro atoms. The highest BCUT2D eigenvalue weighted by atomic mass is 19.1. The summed E-state index contributed by atoms with van der Waals surface area (Å²) in [7, 11) is 0. The van der Waals surface area contributed by atoms with Crippen LogP contribution in [0.15, 0.2) is 0 Å². The predicted molar refractivity (Wildman–Crippen MR) is 49.3 cm³/mol. The molecule has 1 saturated heterocycles. The fraction of sp³-hybridized carbons (Fsp3) is 0.889. The van der Waals surface area contributed by atoms with Gasteiger partial charge in [0, 0.05) is 0 Å². The highest BCUT2D eigenvalue weighted by molar-refractivity contribution is 5.69. The van der Waals surface area contributed by atoms with Crippen LogP contribution in [0, 0.1) is 5.92 Å². The van der Waals surface area contributed by atoms with Crippen LogP contribution in [-0.2, 0) is 9.53 Å². The number of nitrogens with one attached hydrogen (secondary N) is 1. The Balaban J connectivity index is 0.000000424. The van der Waals surface area contributed by atoms with Crippen molar-refractivity contribution in [3.05, 3.63) is 0 Å². The van der Waals surface area contributed by atoms with Crippen LogP contribution in [0.5, 0.6) is 0 Å². The third-order valence-electron chi connectivity index (χ3n) is 1.63. The van der Waals surface area contributed by atoms with Gasteiger partial charge in [-0.25, -0.2) is 0 Å². The minimum atomic E-state index is -0.250. The minimum Gasteiger partial charge on any atom is -0.466 e. The predicted octanol–water partition coefficient (Wildman–Crippen LogP) is 1.13. The van der Waals surface area contributed by atoms with Gasteiger partial charge >= 0.3 is 5.97 Å². The maximum absolute atomic E-state index is 10.8. The molecule has 78 valence electrons. The molecule has 0 aliphatic carbocycles. The summed E-state index contributed by atoms with van der Waals surface area (Å²) < 4.78 is 15.1. The van der Waals surface area contributed by atoms with Gasteiger partial charge < -0.3 is 10.1 Å². The second-order valence-electron chi connectivity index (χ2n) is 2.80. The lowest BCUT2D eigenvalue weighted by Gasteiger charge is -2.25. The van der Waals surface area contributed by atoms with Crippen LogP contribution in [0.25, 0.3) is 0 Å². The van der Waals surface area contributed by atoms with Gasteiger partial charge in [0.25, 0.3) is 0 Å². The molecule has 13 heavy (non-hydrogen) atoms. The summed E-state index contributed by atoms with van der Waals surface area (Å²) in [6.07, 6.45) is 0.584. The molecule has 0 bridgehead atoms. The van der Waals surface area contributed by atoms with Crippen LogP contribution in [0.3, 0.4) is 0 Å². The molecule has 1 N–H and O–H groups in total. The Bertz CT molecular complexity index is 138. The van der Waals surface area contributed by atoms with Crippen molar-refractivity contribution in [2.45, 2.75) is 20.3 Å². The Labute approximate surface area is 78.6 Å². The van der Waals surface area contributed by atoms with Gasteiger partial charge in [0.1, 0.15) is 0 Å². The van der Waals surface area contributed by atoms with Crippen molar-refractivity contribution in [3.63, 3.8) is 0 Å². The molecule has 4 heteroatoms. The highest BCUT2D eigenvalue weighted by Gasteiger charge is 2.20. The first-order valence-corrected chi connectivity index (χ1v) is 4.66. The summed E-state index contributed by atoms with van der Waals surface area (Å²) in [5, 5.41) is 3.10. The number of esters is 1. The number of alkyl halides is 1. The molecule has 1 aliphatic heterocycles. The second kappa shape index (κ2) is 7.98. The van der Waals surface area contributed by atoms with E-state index >= 15 is 0 Å². The minimum absolute atomic E-state index is 0.0611. The number of hydrogen-bond acceptors (Lipinski definition) is 3. The van der Waals surface area contributed by atoms with Crippen molar-refractivity contribution in [3.8, 4) is 0 Å². The normalized spacial score (nSPS) is 15.3. The number of carbonyl (C=O) groups excluding carboxylic acids is 1. The van der Waals surface area contributed by atoms with E-state index in [2.05, 4.69) is 5.32 Å². The van der Waals surface area contributed by atoms with Crippen LogP contribution in [0.4, 0.5) is 4.39 Å². The molecule has 0 radical (unpaired) electrons. The van der Waals surface area contributed by atoms with Crippen molar-refractivity contribution in [2.75, 3.05) is 26.4 Å². The molecule has 0 aromatic heterocycles. The molecule has 1 heterocycles. The SMILES string of the molecule is CCF.CCOC(=O)CC1CNC1. The molecular weight excluding hydrogens is 173 g/mol. The first kappa shape index (κ1) is 12.4. The lowest BCUT2D eigenvalue weighted by atomic mass is 10.00. The van der Waals surface area contributed by atoms with Crippen LogP contribution in [0.1, 0.15) is 20.3 Å². The van der Waals surface area contributed by atoms with Gasteiger partial charge in [0.15, 0.2) is 0 Å². The van der Waals surface area contributed by atoms with Gasteiger partial charge in [-0.15, -0.1) is 0 Å². The van der Waals surface area contributed by atoms with Crippen molar-refractivity contribution in [1.29, 1.82) is 0 Å². The Morgan fingerprint density at radius 1 is 1.54 bits per heavy atom. The molecule has 0 atom stereocenters. The second-order valence-corrected chi connectivity index (χ2v) is 2.80. The summed E-state index contributed by atoms with van der Waals surface area (Å²) in [5.41, 5.74) is 0. The van der Waals surface area contributed by atoms with E-state index in [9.17, 15) is 9.18 Å². The Hall–Kier alpha value is -0.640. The van der Waals surface area contributed by atoms with E-state index in [4.69, 9.17) is 4.74 Å². The molecule has 0 amide bonds. The van der Waals surface area contributed by atoms with Gasteiger partial charge in [0.05, 0.1) is 19.7 Å². The maximum atomic E-state index is 10.8. The van der Waals surface area contributed by atoms with E-state index in [-0.39, 0.29) is 12.6 Å². The summed E-state index contributed by atoms with van der Waals surface area (Å²) in [6.45, 7) is 5.48. The highest BCUT2D eigenvalue weighted by Crippen LogP contribution is 2.08. The van der Waals surface area contributed by atoms with Gasteiger partial charge in [-0.2, -0.15) is 0 Å². The maximum Gasteiger partial charge on any atom is 0.306 e. The average molecular weight is 191 g/mol. The lowest BCUT2D eigenvalue weighted by Crippen LogP contribution is -2.43. The van der Waals surface area contributed by atoms with Gasteiger partial charge in [-0.3, -0.25) is 9.18 Å². The monoisotopic (exact) mass is 191 g/mol. The molecule has 0 aromatic rings. The largest absolute Gasteiger partial charge is 0.466 e. The van der Waals surface area contributed by atoms with E-state index in [0.717, 1.165) is 13.1 Å². The average Bonchev–Trinajstić information content (AvgIpc) is 1.99.